The molecule has 0 unspecified atom stereocenters. The largest absolute Gasteiger partial charge is 0.496 e. The van der Waals surface area contributed by atoms with E-state index in [0.29, 0.717) is 0 Å². The van der Waals surface area contributed by atoms with Gasteiger partial charge < -0.3 is 4.74 Å². The molecule has 0 aromatic heterocycles. The lowest BCUT2D eigenvalue weighted by Gasteiger charge is -2.35. The number of benzene rings is 1. The first-order valence-corrected chi connectivity index (χ1v) is 8.51. The molecule has 0 N–H and O–H groups in total. The standard InChI is InChI=1S/C20H34O/c1-9-15-13-16(19(5,6)7)14-17(18(15)21-8)20(10-2,11-3)12-4/h13-14H,9-12H2,1-8H3. The van der Waals surface area contributed by atoms with Crippen molar-refractivity contribution in [1.29, 1.82) is 0 Å². The van der Waals surface area contributed by atoms with Gasteiger partial charge in [0.25, 0.3) is 0 Å². The Balaban J connectivity index is 3.68. The van der Waals surface area contributed by atoms with E-state index in [1.165, 1.54) is 16.7 Å². The van der Waals surface area contributed by atoms with E-state index in [1.807, 2.05) is 7.11 Å². The van der Waals surface area contributed by atoms with E-state index >= 15 is 0 Å². The van der Waals surface area contributed by atoms with Crippen LogP contribution < -0.4 is 4.74 Å². The van der Waals surface area contributed by atoms with Crippen LogP contribution in [0.2, 0.25) is 0 Å². The molecule has 21 heavy (non-hydrogen) atoms. The van der Waals surface area contributed by atoms with Crippen LogP contribution in [-0.4, -0.2) is 7.11 Å². The summed E-state index contributed by atoms with van der Waals surface area (Å²) >= 11 is 0. The van der Waals surface area contributed by atoms with Gasteiger partial charge in [0, 0.05) is 5.56 Å². The molecule has 0 aliphatic carbocycles. The summed E-state index contributed by atoms with van der Waals surface area (Å²) in [5, 5.41) is 0. The third-order valence-electron chi connectivity index (χ3n) is 5.22. The summed E-state index contributed by atoms with van der Waals surface area (Å²) in [5.74, 6) is 1.12. The molecule has 0 radical (unpaired) electrons. The normalized spacial score (nSPS) is 12.6. The van der Waals surface area contributed by atoms with Crippen LogP contribution in [0.15, 0.2) is 12.1 Å². The van der Waals surface area contributed by atoms with Gasteiger partial charge in [-0.15, -0.1) is 0 Å². The van der Waals surface area contributed by atoms with Gasteiger partial charge >= 0.3 is 0 Å². The average Bonchev–Trinajstić information content (AvgIpc) is 2.47. The molecule has 1 aromatic carbocycles. The zero-order chi connectivity index (χ0) is 16.3. The van der Waals surface area contributed by atoms with Crippen molar-refractivity contribution >= 4 is 0 Å². The van der Waals surface area contributed by atoms with Crippen molar-refractivity contribution in [2.45, 2.75) is 85.0 Å². The van der Waals surface area contributed by atoms with Crippen LogP contribution in [0.25, 0.3) is 0 Å². The summed E-state index contributed by atoms with van der Waals surface area (Å²) in [4.78, 5) is 0. The molecule has 1 rings (SSSR count). The average molecular weight is 290 g/mol. The first-order chi connectivity index (χ1) is 9.79. The van der Waals surface area contributed by atoms with Gasteiger partial charge in [0.15, 0.2) is 0 Å². The van der Waals surface area contributed by atoms with Crippen LogP contribution in [-0.2, 0) is 17.3 Å². The van der Waals surface area contributed by atoms with Gasteiger partial charge in [0.2, 0.25) is 0 Å². The topological polar surface area (TPSA) is 9.23 Å². The fourth-order valence-corrected chi connectivity index (χ4v) is 3.34. The number of rotatable bonds is 6. The van der Waals surface area contributed by atoms with Gasteiger partial charge in [-0.3, -0.25) is 0 Å². The van der Waals surface area contributed by atoms with E-state index in [4.69, 9.17) is 4.74 Å². The highest BCUT2D eigenvalue weighted by Crippen LogP contribution is 2.44. The van der Waals surface area contributed by atoms with E-state index < -0.39 is 0 Å². The summed E-state index contributed by atoms with van der Waals surface area (Å²) in [5.41, 5.74) is 4.60. The third-order valence-corrected chi connectivity index (χ3v) is 5.22. The molecule has 0 amide bonds. The maximum absolute atomic E-state index is 5.85. The zero-order valence-electron chi connectivity index (χ0n) is 15.4. The molecule has 1 nitrogen and oxygen atoms in total. The number of methoxy groups -OCH3 is 1. The lowest BCUT2D eigenvalue weighted by molar-refractivity contribution is 0.342. The van der Waals surface area contributed by atoms with Crippen molar-refractivity contribution in [3.8, 4) is 5.75 Å². The second kappa shape index (κ2) is 6.85. The molecule has 0 bridgehead atoms. The van der Waals surface area contributed by atoms with Gasteiger partial charge in [0.05, 0.1) is 7.11 Å². The summed E-state index contributed by atoms with van der Waals surface area (Å²) in [6, 6.07) is 4.75. The van der Waals surface area contributed by atoms with Crippen LogP contribution in [0.1, 0.15) is 84.4 Å². The van der Waals surface area contributed by atoms with Crippen LogP contribution in [0.3, 0.4) is 0 Å². The Hall–Kier alpha value is -0.980. The Bertz CT molecular complexity index is 453. The minimum atomic E-state index is 0.173. The van der Waals surface area contributed by atoms with Gasteiger partial charge in [-0.25, -0.2) is 0 Å². The highest BCUT2D eigenvalue weighted by Gasteiger charge is 2.32. The highest BCUT2D eigenvalue weighted by molar-refractivity contribution is 5.50. The predicted molar refractivity (Wildman–Crippen MR) is 93.6 cm³/mol. The Kier molecular flexibility index (Phi) is 5.90. The van der Waals surface area contributed by atoms with Crippen molar-refractivity contribution in [3.05, 3.63) is 28.8 Å². The minimum Gasteiger partial charge on any atom is -0.496 e. The summed E-state index contributed by atoms with van der Waals surface area (Å²) < 4.78 is 5.85. The smallest absolute Gasteiger partial charge is 0.125 e. The first kappa shape index (κ1) is 18.1. The molecule has 0 atom stereocenters. The third kappa shape index (κ3) is 3.44. The Morgan fingerprint density at radius 3 is 1.76 bits per heavy atom. The Morgan fingerprint density at radius 2 is 1.43 bits per heavy atom. The van der Waals surface area contributed by atoms with E-state index in [2.05, 4.69) is 60.6 Å². The van der Waals surface area contributed by atoms with Crippen molar-refractivity contribution in [2.24, 2.45) is 0 Å². The van der Waals surface area contributed by atoms with E-state index in [9.17, 15) is 0 Å². The lowest BCUT2D eigenvalue weighted by Crippen LogP contribution is -2.26. The summed E-state index contributed by atoms with van der Waals surface area (Å²) in [6.07, 6.45) is 4.50. The number of aryl methyl sites for hydroxylation is 1. The number of ether oxygens (including phenoxy) is 1. The molecule has 1 heteroatoms. The molecule has 120 valence electrons. The van der Waals surface area contributed by atoms with Gasteiger partial charge in [-0.2, -0.15) is 0 Å². The highest BCUT2D eigenvalue weighted by atomic mass is 16.5. The van der Waals surface area contributed by atoms with Crippen LogP contribution in [0.4, 0.5) is 0 Å². The second-order valence-electron chi connectivity index (χ2n) is 7.16. The molecular weight excluding hydrogens is 256 g/mol. The molecule has 0 saturated carbocycles. The molecule has 0 aliphatic rings. The lowest BCUT2D eigenvalue weighted by atomic mass is 9.71. The van der Waals surface area contributed by atoms with Gasteiger partial charge in [-0.05, 0) is 47.6 Å². The first-order valence-electron chi connectivity index (χ1n) is 8.51. The van der Waals surface area contributed by atoms with Gasteiger partial charge in [0.1, 0.15) is 5.75 Å². The second-order valence-corrected chi connectivity index (χ2v) is 7.16. The molecule has 0 saturated heterocycles. The van der Waals surface area contributed by atoms with Crippen molar-refractivity contribution in [3.63, 3.8) is 0 Å². The van der Waals surface area contributed by atoms with E-state index in [0.717, 1.165) is 31.4 Å². The zero-order valence-corrected chi connectivity index (χ0v) is 15.4. The molecule has 0 fully saturated rings. The van der Waals surface area contributed by atoms with E-state index in [-0.39, 0.29) is 10.8 Å². The molecular formula is C20H34O. The molecule has 0 heterocycles. The SMILES string of the molecule is CCc1cc(C(C)(C)C)cc(C(CC)(CC)CC)c1OC. The van der Waals surface area contributed by atoms with Crippen molar-refractivity contribution < 1.29 is 4.74 Å². The predicted octanol–water partition coefficient (Wildman–Crippen LogP) is 6.02. The minimum absolute atomic E-state index is 0.173. The molecule has 0 spiro atoms. The van der Waals surface area contributed by atoms with Crippen molar-refractivity contribution in [1.82, 2.24) is 0 Å². The van der Waals surface area contributed by atoms with Crippen LogP contribution in [0.5, 0.6) is 5.75 Å². The summed E-state index contributed by atoms with van der Waals surface area (Å²) in [6.45, 7) is 16.0. The summed E-state index contributed by atoms with van der Waals surface area (Å²) in [7, 11) is 1.82. The molecule has 1 aromatic rings. The quantitative estimate of drug-likeness (QED) is 0.622. The maximum Gasteiger partial charge on any atom is 0.125 e. The maximum atomic E-state index is 5.85. The van der Waals surface area contributed by atoms with Gasteiger partial charge in [-0.1, -0.05) is 60.6 Å². The van der Waals surface area contributed by atoms with E-state index in [1.54, 1.807) is 0 Å². The van der Waals surface area contributed by atoms with Crippen LogP contribution in [0, 0.1) is 0 Å². The Labute approximate surface area is 132 Å². The number of hydrogen-bond donors (Lipinski definition) is 0. The fraction of sp³-hybridized carbons (Fsp3) is 0.700. The monoisotopic (exact) mass is 290 g/mol. The Morgan fingerprint density at radius 1 is 0.905 bits per heavy atom. The van der Waals surface area contributed by atoms with Crippen molar-refractivity contribution in [2.75, 3.05) is 7.11 Å². The fourth-order valence-electron chi connectivity index (χ4n) is 3.34. The van der Waals surface area contributed by atoms with Crippen LogP contribution >= 0.6 is 0 Å². The molecule has 0 aliphatic heterocycles. The number of hydrogen-bond acceptors (Lipinski definition) is 1.